The second-order valence-electron chi connectivity index (χ2n) is 7.44. The lowest BCUT2D eigenvalue weighted by Crippen LogP contribution is -2.35. The van der Waals surface area contributed by atoms with Gasteiger partial charge in [0.15, 0.2) is 23.0 Å². The summed E-state index contributed by atoms with van der Waals surface area (Å²) in [4.78, 5) is 2.53. The van der Waals surface area contributed by atoms with Crippen LogP contribution in [0.15, 0.2) is 24.3 Å². The Kier molecular flexibility index (Phi) is 4.11. The molecule has 5 heteroatoms. The number of hydrogen-bond donors (Lipinski definition) is 0. The van der Waals surface area contributed by atoms with Crippen molar-refractivity contribution in [2.45, 2.75) is 32.2 Å². The predicted octanol–water partition coefficient (Wildman–Crippen LogP) is 4.64. The van der Waals surface area contributed by atoms with Crippen LogP contribution in [0.25, 0.3) is 11.8 Å². The van der Waals surface area contributed by atoms with E-state index in [4.69, 9.17) is 18.9 Å². The molecule has 146 valence electrons. The quantitative estimate of drug-likeness (QED) is 0.774. The number of benzene rings is 2. The summed E-state index contributed by atoms with van der Waals surface area (Å²) in [7, 11) is 3.43. The molecule has 0 saturated carbocycles. The normalized spacial score (nSPS) is 18.8. The van der Waals surface area contributed by atoms with Gasteiger partial charge in [-0.15, -0.1) is 0 Å². The molecule has 0 spiro atoms. The van der Waals surface area contributed by atoms with Gasteiger partial charge in [0.25, 0.3) is 0 Å². The average molecular weight is 379 g/mol. The van der Waals surface area contributed by atoms with Gasteiger partial charge in [0.2, 0.25) is 6.79 Å². The van der Waals surface area contributed by atoms with Crippen LogP contribution in [0.3, 0.4) is 0 Å². The number of hydrogen-bond acceptors (Lipinski definition) is 5. The third kappa shape index (κ3) is 2.45. The second-order valence-corrected chi connectivity index (χ2v) is 7.44. The van der Waals surface area contributed by atoms with Crippen molar-refractivity contribution in [3.05, 3.63) is 46.5 Å². The van der Waals surface area contributed by atoms with Crippen molar-refractivity contribution in [2.75, 3.05) is 27.6 Å². The van der Waals surface area contributed by atoms with Gasteiger partial charge in [-0.05, 0) is 48.2 Å². The largest absolute Gasteiger partial charge is 0.493 e. The summed E-state index contributed by atoms with van der Waals surface area (Å²) in [6.45, 7) is 3.52. The van der Waals surface area contributed by atoms with Crippen LogP contribution < -0.4 is 18.9 Å². The summed E-state index contributed by atoms with van der Waals surface area (Å²) >= 11 is 0. The molecular formula is C23H25NO4. The fourth-order valence-corrected chi connectivity index (χ4v) is 4.74. The molecule has 5 nitrogen and oxygen atoms in total. The highest BCUT2D eigenvalue weighted by atomic mass is 16.7. The standard InChI is InChI=1S/C23H25NO4/c1-4-5-17-22-15(6-7-19(25-2)23(22)26-3)10-18-16-12-21-20(27-13-28-21)11-14(16)8-9-24(17)18/h6-7,10-12,17H,4-5,8-9,13H2,1-3H3. The Hall–Kier alpha value is -2.82. The van der Waals surface area contributed by atoms with Crippen molar-refractivity contribution in [3.8, 4) is 23.0 Å². The van der Waals surface area contributed by atoms with E-state index in [9.17, 15) is 0 Å². The number of fused-ring (bicyclic) bond motifs is 5. The van der Waals surface area contributed by atoms with Gasteiger partial charge in [-0.2, -0.15) is 0 Å². The van der Waals surface area contributed by atoms with E-state index in [-0.39, 0.29) is 6.04 Å². The molecule has 0 amide bonds. The van der Waals surface area contributed by atoms with Crippen molar-refractivity contribution in [1.82, 2.24) is 4.90 Å². The van der Waals surface area contributed by atoms with Gasteiger partial charge < -0.3 is 23.8 Å². The maximum absolute atomic E-state index is 5.80. The molecule has 1 unspecified atom stereocenters. The molecule has 0 fully saturated rings. The van der Waals surface area contributed by atoms with E-state index in [2.05, 4.69) is 36.1 Å². The monoisotopic (exact) mass is 379 g/mol. The summed E-state index contributed by atoms with van der Waals surface area (Å²) in [5, 5.41) is 0. The molecule has 3 aliphatic rings. The smallest absolute Gasteiger partial charge is 0.231 e. The molecule has 28 heavy (non-hydrogen) atoms. The third-order valence-electron chi connectivity index (χ3n) is 5.99. The van der Waals surface area contributed by atoms with Crippen LogP contribution >= 0.6 is 0 Å². The molecule has 1 atom stereocenters. The molecule has 0 radical (unpaired) electrons. The van der Waals surface area contributed by atoms with Crippen LogP contribution in [0.4, 0.5) is 0 Å². The first-order valence-electron chi connectivity index (χ1n) is 9.91. The molecule has 0 aliphatic carbocycles. The topological polar surface area (TPSA) is 40.2 Å². The number of nitrogens with zero attached hydrogens (tertiary/aromatic N) is 1. The molecule has 0 aromatic heterocycles. The van der Waals surface area contributed by atoms with Gasteiger partial charge in [0.05, 0.1) is 20.3 Å². The Morgan fingerprint density at radius 2 is 1.93 bits per heavy atom. The zero-order chi connectivity index (χ0) is 19.3. The van der Waals surface area contributed by atoms with Gasteiger partial charge in [-0.25, -0.2) is 0 Å². The van der Waals surface area contributed by atoms with E-state index in [1.165, 1.54) is 28.0 Å². The molecule has 0 bridgehead atoms. The van der Waals surface area contributed by atoms with E-state index in [1.807, 2.05) is 6.07 Å². The summed E-state index contributed by atoms with van der Waals surface area (Å²) < 4.78 is 22.6. The minimum absolute atomic E-state index is 0.267. The zero-order valence-corrected chi connectivity index (χ0v) is 16.6. The van der Waals surface area contributed by atoms with Gasteiger partial charge in [-0.3, -0.25) is 0 Å². The zero-order valence-electron chi connectivity index (χ0n) is 16.6. The minimum atomic E-state index is 0.267. The number of ether oxygens (including phenoxy) is 4. The fraction of sp³-hybridized carbons (Fsp3) is 0.391. The molecule has 3 heterocycles. The van der Waals surface area contributed by atoms with Crippen molar-refractivity contribution in [1.29, 1.82) is 0 Å². The lowest BCUT2D eigenvalue weighted by atomic mass is 9.84. The minimum Gasteiger partial charge on any atom is -0.493 e. The van der Waals surface area contributed by atoms with Crippen molar-refractivity contribution in [2.24, 2.45) is 0 Å². The van der Waals surface area contributed by atoms with Gasteiger partial charge in [0.1, 0.15) is 0 Å². The molecule has 5 rings (SSSR count). The molecule has 3 aliphatic heterocycles. The molecule has 0 saturated heterocycles. The van der Waals surface area contributed by atoms with E-state index >= 15 is 0 Å². The van der Waals surface area contributed by atoms with Gasteiger partial charge in [0, 0.05) is 23.4 Å². The van der Waals surface area contributed by atoms with Crippen molar-refractivity contribution >= 4 is 11.8 Å². The van der Waals surface area contributed by atoms with Gasteiger partial charge >= 0.3 is 0 Å². The summed E-state index contributed by atoms with van der Waals surface area (Å²) in [6.07, 6.45) is 5.44. The highest BCUT2D eigenvalue weighted by molar-refractivity contribution is 5.88. The van der Waals surface area contributed by atoms with Crippen LogP contribution in [0.2, 0.25) is 0 Å². The van der Waals surface area contributed by atoms with E-state index in [0.717, 1.165) is 48.8 Å². The van der Waals surface area contributed by atoms with Crippen molar-refractivity contribution < 1.29 is 18.9 Å². The van der Waals surface area contributed by atoms with Crippen molar-refractivity contribution in [3.63, 3.8) is 0 Å². The first-order valence-corrected chi connectivity index (χ1v) is 9.91. The highest BCUT2D eigenvalue weighted by Crippen LogP contribution is 2.50. The lowest BCUT2D eigenvalue weighted by Gasteiger charge is -2.43. The molecule has 0 N–H and O–H groups in total. The predicted molar refractivity (Wildman–Crippen MR) is 108 cm³/mol. The first kappa shape index (κ1) is 17.3. The third-order valence-corrected chi connectivity index (χ3v) is 5.99. The average Bonchev–Trinajstić information content (AvgIpc) is 3.18. The Morgan fingerprint density at radius 1 is 1.11 bits per heavy atom. The summed E-state index contributed by atoms with van der Waals surface area (Å²) in [6, 6.07) is 8.70. The summed E-state index contributed by atoms with van der Waals surface area (Å²) in [5.41, 5.74) is 6.27. The number of rotatable bonds is 4. The Balaban J connectivity index is 1.71. The maximum Gasteiger partial charge on any atom is 0.231 e. The fourth-order valence-electron chi connectivity index (χ4n) is 4.74. The SMILES string of the molecule is CCCC1c2c(ccc(OC)c2OC)C=C2c3cc4c(cc3CCN21)OCO4. The molecular weight excluding hydrogens is 354 g/mol. The Morgan fingerprint density at radius 3 is 2.68 bits per heavy atom. The van der Waals surface area contributed by atoms with Crippen LogP contribution in [0.5, 0.6) is 23.0 Å². The van der Waals surface area contributed by atoms with Crippen LogP contribution in [-0.2, 0) is 6.42 Å². The van der Waals surface area contributed by atoms with E-state index < -0.39 is 0 Å². The Bertz CT molecular complexity index is 966. The lowest BCUT2D eigenvalue weighted by molar-refractivity contribution is 0.174. The highest BCUT2D eigenvalue weighted by Gasteiger charge is 2.36. The molecule has 2 aromatic carbocycles. The Labute approximate surface area is 165 Å². The number of methoxy groups -OCH3 is 2. The van der Waals surface area contributed by atoms with Crippen LogP contribution in [0.1, 0.15) is 48.1 Å². The van der Waals surface area contributed by atoms with Crippen LogP contribution in [-0.4, -0.2) is 32.5 Å². The molecule has 2 aromatic rings. The first-order chi connectivity index (χ1) is 13.7. The summed E-state index contributed by atoms with van der Waals surface area (Å²) in [5.74, 6) is 3.34. The maximum atomic E-state index is 5.80. The second kappa shape index (κ2) is 6.66. The van der Waals surface area contributed by atoms with E-state index in [1.54, 1.807) is 14.2 Å². The van der Waals surface area contributed by atoms with E-state index in [0.29, 0.717) is 6.79 Å². The van der Waals surface area contributed by atoms with Gasteiger partial charge in [-0.1, -0.05) is 19.4 Å². The van der Waals surface area contributed by atoms with Crippen LogP contribution in [0, 0.1) is 0 Å².